The van der Waals surface area contributed by atoms with Gasteiger partial charge in [0.25, 0.3) is 10.1 Å². The molecule has 0 aromatic rings. The molecule has 1 atom stereocenters. The van der Waals surface area contributed by atoms with E-state index >= 15 is 0 Å². The van der Waals surface area contributed by atoms with Crippen LogP contribution >= 0.6 is 21.6 Å². The van der Waals surface area contributed by atoms with Crippen molar-refractivity contribution in [2.45, 2.75) is 24.9 Å². The first kappa shape index (κ1) is 16.1. The standard InChI is InChI=1S/C5H12O3S3.Na.H/c1-3-4-9-10-5(2)11(6,7)8;;/h5H,3-4H2,1-2H3,(H,6,7,8);;. The summed E-state index contributed by atoms with van der Waals surface area (Å²) in [6.07, 6.45) is 1.01. The third kappa shape index (κ3) is 8.22. The molecule has 0 heterocycles. The van der Waals surface area contributed by atoms with Crippen LogP contribution < -0.4 is 0 Å². The zero-order valence-corrected chi connectivity index (χ0v) is 8.93. The molecule has 0 saturated heterocycles. The van der Waals surface area contributed by atoms with E-state index in [-0.39, 0.29) is 29.6 Å². The van der Waals surface area contributed by atoms with Crippen molar-refractivity contribution in [1.82, 2.24) is 0 Å². The molecule has 0 rings (SSSR count). The molecule has 0 fully saturated rings. The normalized spacial score (nSPS) is 13.6. The van der Waals surface area contributed by atoms with Crippen molar-refractivity contribution in [3.8, 4) is 0 Å². The minimum atomic E-state index is -3.84. The van der Waals surface area contributed by atoms with Crippen LogP contribution in [0.2, 0.25) is 0 Å². The molecule has 1 unspecified atom stereocenters. The molecule has 7 heteroatoms. The van der Waals surface area contributed by atoms with Crippen LogP contribution in [0, 0.1) is 0 Å². The van der Waals surface area contributed by atoms with Crippen molar-refractivity contribution < 1.29 is 13.0 Å². The Morgan fingerprint density at radius 3 is 2.33 bits per heavy atom. The molecule has 0 saturated carbocycles. The molecule has 0 bridgehead atoms. The van der Waals surface area contributed by atoms with Crippen molar-refractivity contribution >= 4 is 61.3 Å². The summed E-state index contributed by atoms with van der Waals surface area (Å²) in [5.74, 6) is 0.907. The monoisotopic (exact) mass is 240 g/mol. The second kappa shape index (κ2) is 7.96. The Labute approximate surface area is 104 Å². The van der Waals surface area contributed by atoms with E-state index in [1.807, 2.05) is 6.92 Å². The molecule has 0 spiro atoms. The molecule has 0 aromatic heterocycles. The fraction of sp³-hybridized carbons (Fsp3) is 1.00. The Balaban J connectivity index is 0. The number of hydrogen-bond acceptors (Lipinski definition) is 4. The molecule has 0 aliphatic rings. The van der Waals surface area contributed by atoms with E-state index < -0.39 is 14.7 Å². The SMILES string of the molecule is CCCSSC(C)S(=O)(=O)O.[NaH]. The van der Waals surface area contributed by atoms with Gasteiger partial charge in [-0.3, -0.25) is 4.55 Å². The van der Waals surface area contributed by atoms with Crippen LogP contribution in [0.25, 0.3) is 0 Å². The van der Waals surface area contributed by atoms with Gasteiger partial charge in [-0.1, -0.05) is 28.5 Å². The maximum atomic E-state index is 10.4. The Bertz CT molecular complexity index is 192. The summed E-state index contributed by atoms with van der Waals surface area (Å²) < 4.78 is 28.7. The Hall–Kier alpha value is 1.61. The molecule has 12 heavy (non-hydrogen) atoms. The van der Waals surface area contributed by atoms with E-state index in [9.17, 15) is 8.42 Å². The predicted octanol–water partition coefficient (Wildman–Crippen LogP) is 1.36. The van der Waals surface area contributed by atoms with E-state index in [4.69, 9.17) is 4.55 Å². The van der Waals surface area contributed by atoms with E-state index in [1.165, 1.54) is 28.5 Å². The van der Waals surface area contributed by atoms with Crippen molar-refractivity contribution in [3.05, 3.63) is 0 Å². The quantitative estimate of drug-likeness (QED) is 0.340. The van der Waals surface area contributed by atoms with Crippen molar-refractivity contribution in [1.29, 1.82) is 0 Å². The van der Waals surface area contributed by atoms with Gasteiger partial charge in [0.1, 0.15) is 4.58 Å². The second-order valence-corrected chi connectivity index (χ2v) is 6.86. The molecule has 0 amide bonds. The van der Waals surface area contributed by atoms with Gasteiger partial charge in [0.2, 0.25) is 0 Å². The van der Waals surface area contributed by atoms with Crippen LogP contribution in [-0.2, 0) is 10.1 Å². The van der Waals surface area contributed by atoms with Gasteiger partial charge < -0.3 is 0 Å². The first-order valence-electron chi connectivity index (χ1n) is 3.23. The summed E-state index contributed by atoms with van der Waals surface area (Å²) >= 11 is 0. The van der Waals surface area contributed by atoms with Crippen molar-refractivity contribution in [3.63, 3.8) is 0 Å². The van der Waals surface area contributed by atoms with Crippen LogP contribution in [0.1, 0.15) is 20.3 Å². The Morgan fingerprint density at radius 1 is 1.50 bits per heavy atom. The molecule has 3 nitrogen and oxygen atoms in total. The van der Waals surface area contributed by atoms with Gasteiger partial charge in [-0.25, -0.2) is 0 Å². The topological polar surface area (TPSA) is 54.4 Å². The average molecular weight is 240 g/mol. The summed E-state index contributed by atoms with van der Waals surface area (Å²) in [7, 11) is -1.19. The fourth-order valence-corrected chi connectivity index (χ4v) is 3.89. The maximum absolute atomic E-state index is 10.4. The van der Waals surface area contributed by atoms with Crippen LogP contribution in [0.15, 0.2) is 0 Å². The van der Waals surface area contributed by atoms with Gasteiger partial charge in [-0.05, 0) is 13.3 Å². The van der Waals surface area contributed by atoms with Crippen molar-refractivity contribution in [2.75, 3.05) is 5.75 Å². The molecular formula is C5H13NaO3S3. The molecular weight excluding hydrogens is 227 g/mol. The van der Waals surface area contributed by atoms with E-state index in [2.05, 4.69) is 0 Å². The molecule has 70 valence electrons. The van der Waals surface area contributed by atoms with Crippen LogP contribution in [0.3, 0.4) is 0 Å². The molecule has 1 N–H and O–H groups in total. The predicted molar refractivity (Wildman–Crippen MR) is 58.5 cm³/mol. The third-order valence-corrected chi connectivity index (χ3v) is 5.89. The van der Waals surface area contributed by atoms with Crippen LogP contribution in [-0.4, -0.2) is 52.9 Å². The fourth-order valence-electron chi connectivity index (χ4n) is 0.277. The van der Waals surface area contributed by atoms with E-state index in [0.717, 1.165) is 12.2 Å². The van der Waals surface area contributed by atoms with Crippen molar-refractivity contribution in [2.24, 2.45) is 0 Å². The molecule has 0 aliphatic heterocycles. The summed E-state index contributed by atoms with van der Waals surface area (Å²) in [6.45, 7) is 3.49. The van der Waals surface area contributed by atoms with Gasteiger partial charge in [0.05, 0.1) is 0 Å². The molecule has 0 aromatic carbocycles. The summed E-state index contributed by atoms with van der Waals surface area (Å²) in [5.41, 5.74) is 0. The summed E-state index contributed by atoms with van der Waals surface area (Å²) in [5, 5.41) is 0. The van der Waals surface area contributed by atoms with Gasteiger partial charge in [-0.2, -0.15) is 8.42 Å². The summed E-state index contributed by atoms with van der Waals surface area (Å²) in [6, 6.07) is 0. The average Bonchev–Trinajstić information content (AvgIpc) is 1.86. The minimum absolute atomic E-state index is 0. The second-order valence-electron chi connectivity index (χ2n) is 2.00. The molecule has 0 radical (unpaired) electrons. The zero-order valence-electron chi connectivity index (χ0n) is 6.48. The van der Waals surface area contributed by atoms with Gasteiger partial charge >= 0.3 is 29.6 Å². The number of hydrogen-bond donors (Lipinski definition) is 1. The molecule has 0 aliphatic carbocycles. The summed E-state index contributed by atoms with van der Waals surface area (Å²) in [4.78, 5) is 0. The van der Waals surface area contributed by atoms with Crippen LogP contribution in [0.4, 0.5) is 0 Å². The van der Waals surface area contributed by atoms with Crippen LogP contribution in [0.5, 0.6) is 0 Å². The Morgan fingerprint density at radius 2 is 2.00 bits per heavy atom. The number of rotatable bonds is 5. The van der Waals surface area contributed by atoms with Gasteiger partial charge in [-0.15, -0.1) is 0 Å². The third-order valence-electron chi connectivity index (χ3n) is 0.910. The first-order valence-corrected chi connectivity index (χ1v) is 7.11. The van der Waals surface area contributed by atoms with Gasteiger partial charge in [0, 0.05) is 5.75 Å². The Kier molecular flexibility index (Phi) is 10.7. The zero-order chi connectivity index (χ0) is 8.91. The van der Waals surface area contributed by atoms with E-state index in [0.29, 0.717) is 0 Å². The van der Waals surface area contributed by atoms with E-state index in [1.54, 1.807) is 0 Å². The van der Waals surface area contributed by atoms with Gasteiger partial charge in [0.15, 0.2) is 0 Å². The first-order chi connectivity index (χ1) is 4.98.